The third-order valence-electron chi connectivity index (χ3n) is 5.34. The molecule has 1 aromatic rings. The van der Waals surface area contributed by atoms with E-state index in [1.807, 2.05) is 4.90 Å². The number of carbonyl (C=O) groups is 3. The lowest BCUT2D eigenvalue weighted by Gasteiger charge is -2.52. The van der Waals surface area contributed by atoms with Gasteiger partial charge in [0.05, 0.1) is 17.4 Å². The second-order valence-corrected chi connectivity index (χ2v) is 6.61. The Bertz CT molecular complexity index is 807. The topological polar surface area (TPSA) is 122 Å². The van der Waals surface area contributed by atoms with Gasteiger partial charge in [-0.1, -0.05) is 0 Å². The van der Waals surface area contributed by atoms with E-state index < -0.39 is 34.0 Å². The zero-order valence-corrected chi connectivity index (χ0v) is 14.5. The van der Waals surface area contributed by atoms with E-state index in [2.05, 4.69) is 10.6 Å². The molecule has 3 aliphatic rings. The number of ketones is 1. The highest BCUT2D eigenvalue weighted by Gasteiger charge is 2.59. The van der Waals surface area contributed by atoms with Gasteiger partial charge in [-0.3, -0.25) is 29.8 Å². The SMILES string of the molecule is Cl.O=C1CC(=O)C2(Cc3cc([N+](=O)[O-])ccc3N3CCNCC32)C(=O)N1. The van der Waals surface area contributed by atoms with E-state index in [9.17, 15) is 24.5 Å². The maximum atomic E-state index is 12.8. The van der Waals surface area contributed by atoms with E-state index in [1.165, 1.54) is 12.1 Å². The van der Waals surface area contributed by atoms with Crippen molar-refractivity contribution in [2.24, 2.45) is 5.41 Å². The fraction of sp³-hybridized carbons (Fsp3) is 0.438. The van der Waals surface area contributed by atoms with Crippen molar-refractivity contribution in [2.45, 2.75) is 18.9 Å². The summed E-state index contributed by atoms with van der Waals surface area (Å²) in [4.78, 5) is 49.7. The number of nitro benzene ring substituents is 1. The number of hydrogen-bond acceptors (Lipinski definition) is 7. The molecule has 1 spiro atoms. The standard InChI is InChI=1S/C16H16N4O5.ClH/c21-13-6-14(22)18-15(23)16(13)7-9-5-10(20(24)25)1-2-11(9)19-4-3-17-8-12(16)19;/h1-2,5,12,17H,3-4,6-8H2,(H,18,22,23);1H. The lowest BCUT2D eigenvalue weighted by Crippen LogP contribution is -2.71. The summed E-state index contributed by atoms with van der Waals surface area (Å²) in [6.45, 7) is 1.69. The molecule has 138 valence electrons. The monoisotopic (exact) mass is 380 g/mol. The Balaban J connectivity index is 0.00000196. The number of nitrogens with one attached hydrogen (secondary N) is 2. The van der Waals surface area contributed by atoms with Gasteiger partial charge in [0, 0.05) is 37.5 Å². The van der Waals surface area contributed by atoms with Crippen molar-refractivity contribution in [1.29, 1.82) is 0 Å². The first-order valence-corrected chi connectivity index (χ1v) is 8.06. The minimum absolute atomic E-state index is 0. The molecule has 2 saturated heterocycles. The summed E-state index contributed by atoms with van der Waals surface area (Å²) in [5, 5.41) is 16.6. The maximum Gasteiger partial charge on any atom is 0.269 e. The zero-order chi connectivity index (χ0) is 17.8. The van der Waals surface area contributed by atoms with Crippen LogP contribution in [0.1, 0.15) is 12.0 Å². The molecule has 0 saturated carbocycles. The summed E-state index contributed by atoms with van der Waals surface area (Å²) < 4.78 is 0. The Hall–Kier alpha value is -2.52. The molecular weight excluding hydrogens is 364 g/mol. The summed E-state index contributed by atoms with van der Waals surface area (Å²) in [7, 11) is 0. The van der Waals surface area contributed by atoms with Crippen LogP contribution >= 0.6 is 12.4 Å². The number of piperazine rings is 1. The average Bonchev–Trinajstić information content (AvgIpc) is 2.58. The quantitative estimate of drug-likeness (QED) is 0.303. The smallest absolute Gasteiger partial charge is 0.269 e. The lowest BCUT2D eigenvalue weighted by molar-refractivity contribution is -0.384. The predicted octanol–water partition coefficient (Wildman–Crippen LogP) is -0.0471. The first kappa shape index (κ1) is 18.3. The first-order valence-electron chi connectivity index (χ1n) is 8.06. The van der Waals surface area contributed by atoms with Crippen molar-refractivity contribution < 1.29 is 19.3 Å². The molecule has 2 N–H and O–H groups in total. The van der Waals surface area contributed by atoms with Crippen LogP contribution in [0.2, 0.25) is 0 Å². The Kier molecular flexibility index (Phi) is 4.45. The van der Waals surface area contributed by atoms with Gasteiger partial charge in [-0.05, 0) is 18.1 Å². The highest BCUT2D eigenvalue weighted by molar-refractivity contribution is 6.22. The van der Waals surface area contributed by atoms with Gasteiger partial charge < -0.3 is 10.2 Å². The fourth-order valence-corrected chi connectivity index (χ4v) is 4.19. The van der Waals surface area contributed by atoms with Crippen LogP contribution in [0.3, 0.4) is 0 Å². The van der Waals surface area contributed by atoms with Crippen molar-refractivity contribution in [3.63, 3.8) is 0 Å². The van der Waals surface area contributed by atoms with E-state index in [4.69, 9.17) is 0 Å². The van der Waals surface area contributed by atoms with Crippen LogP contribution in [0.15, 0.2) is 18.2 Å². The van der Waals surface area contributed by atoms with Crippen LogP contribution in [-0.2, 0) is 20.8 Å². The Morgan fingerprint density at radius 3 is 2.73 bits per heavy atom. The third-order valence-corrected chi connectivity index (χ3v) is 5.34. The van der Waals surface area contributed by atoms with E-state index in [0.717, 1.165) is 5.69 Å². The number of imide groups is 1. The van der Waals surface area contributed by atoms with Crippen LogP contribution in [0.4, 0.5) is 11.4 Å². The molecule has 2 amide bonds. The van der Waals surface area contributed by atoms with E-state index in [-0.39, 0.29) is 30.9 Å². The van der Waals surface area contributed by atoms with Crippen molar-refractivity contribution in [1.82, 2.24) is 10.6 Å². The molecule has 26 heavy (non-hydrogen) atoms. The molecule has 1 aromatic carbocycles. The molecule has 0 bridgehead atoms. The van der Waals surface area contributed by atoms with Gasteiger partial charge >= 0.3 is 0 Å². The molecule has 2 fully saturated rings. The Labute approximate surface area is 154 Å². The number of benzene rings is 1. The second kappa shape index (κ2) is 6.33. The molecule has 0 aliphatic carbocycles. The molecule has 3 aliphatic heterocycles. The van der Waals surface area contributed by atoms with Gasteiger partial charge in [0.25, 0.3) is 5.69 Å². The van der Waals surface area contributed by atoms with Gasteiger partial charge in [0.1, 0.15) is 5.41 Å². The summed E-state index contributed by atoms with van der Waals surface area (Å²) in [5.74, 6) is -1.62. The Morgan fingerprint density at radius 2 is 2.04 bits per heavy atom. The number of anilines is 1. The predicted molar refractivity (Wildman–Crippen MR) is 93.3 cm³/mol. The van der Waals surface area contributed by atoms with Crippen LogP contribution in [0, 0.1) is 15.5 Å². The van der Waals surface area contributed by atoms with Crippen LogP contribution in [0.25, 0.3) is 0 Å². The van der Waals surface area contributed by atoms with Crippen LogP contribution in [-0.4, -0.2) is 48.2 Å². The molecule has 0 radical (unpaired) electrons. The molecule has 0 aromatic heterocycles. The van der Waals surface area contributed by atoms with Gasteiger partial charge in [-0.25, -0.2) is 0 Å². The van der Waals surface area contributed by atoms with Crippen LogP contribution < -0.4 is 15.5 Å². The van der Waals surface area contributed by atoms with E-state index >= 15 is 0 Å². The van der Waals surface area contributed by atoms with Crippen molar-refractivity contribution in [3.05, 3.63) is 33.9 Å². The first-order chi connectivity index (χ1) is 11.9. The molecule has 4 rings (SSSR count). The number of rotatable bonds is 1. The lowest BCUT2D eigenvalue weighted by atomic mass is 9.65. The molecule has 3 heterocycles. The van der Waals surface area contributed by atoms with Gasteiger partial charge in [0.15, 0.2) is 5.78 Å². The second-order valence-electron chi connectivity index (χ2n) is 6.61. The molecule has 2 unspecified atom stereocenters. The van der Waals surface area contributed by atoms with Gasteiger partial charge in [0.2, 0.25) is 11.8 Å². The van der Waals surface area contributed by atoms with Crippen molar-refractivity contribution >= 4 is 41.4 Å². The highest BCUT2D eigenvalue weighted by atomic mass is 35.5. The maximum absolute atomic E-state index is 12.8. The summed E-state index contributed by atoms with van der Waals surface area (Å²) in [5.41, 5.74) is -0.0866. The number of halogens is 1. The van der Waals surface area contributed by atoms with E-state index in [1.54, 1.807) is 6.07 Å². The zero-order valence-electron chi connectivity index (χ0n) is 13.7. The minimum Gasteiger partial charge on any atom is -0.364 e. The summed E-state index contributed by atoms with van der Waals surface area (Å²) in [6.07, 6.45) is -0.287. The molecule has 9 nitrogen and oxygen atoms in total. The number of non-ortho nitro benzene ring substituents is 1. The van der Waals surface area contributed by atoms with Gasteiger partial charge in [-0.2, -0.15) is 0 Å². The number of nitrogens with zero attached hydrogens (tertiary/aromatic N) is 2. The molecular formula is C16H17ClN4O5. The Morgan fingerprint density at radius 1 is 1.27 bits per heavy atom. The van der Waals surface area contributed by atoms with Gasteiger partial charge in [-0.15, -0.1) is 12.4 Å². The normalized spacial score (nSPS) is 27.3. The minimum atomic E-state index is -1.40. The molecule has 10 heteroatoms. The van der Waals surface area contributed by atoms with Crippen molar-refractivity contribution in [3.8, 4) is 0 Å². The van der Waals surface area contributed by atoms with E-state index in [0.29, 0.717) is 25.2 Å². The number of fused-ring (bicyclic) bond motifs is 4. The molecule has 2 atom stereocenters. The number of nitro groups is 1. The largest absolute Gasteiger partial charge is 0.364 e. The number of carbonyl (C=O) groups excluding carboxylic acids is 3. The number of amides is 2. The fourth-order valence-electron chi connectivity index (χ4n) is 4.19. The van der Waals surface area contributed by atoms with Crippen molar-refractivity contribution in [2.75, 3.05) is 24.5 Å². The number of hydrogen-bond donors (Lipinski definition) is 2. The van der Waals surface area contributed by atoms with Crippen LogP contribution in [0.5, 0.6) is 0 Å². The highest BCUT2D eigenvalue weighted by Crippen LogP contribution is 2.45. The third kappa shape index (κ3) is 2.46. The summed E-state index contributed by atoms with van der Waals surface area (Å²) >= 11 is 0. The average molecular weight is 381 g/mol. The number of piperidine rings is 1. The number of Topliss-reactive ketones (excluding diaryl/α,β-unsaturated/α-hetero) is 1. The summed E-state index contributed by atoms with van der Waals surface area (Å²) in [6, 6.07) is 4.11.